The predicted molar refractivity (Wildman–Crippen MR) is 123 cm³/mol. The number of carbonyl (C=O) groups is 1. The zero-order chi connectivity index (χ0) is 22.6. The second-order valence-electron chi connectivity index (χ2n) is 8.42. The fourth-order valence-electron chi connectivity index (χ4n) is 4.56. The molecule has 2 atom stereocenters. The van der Waals surface area contributed by atoms with E-state index in [0.29, 0.717) is 50.0 Å². The fourth-order valence-corrected chi connectivity index (χ4v) is 4.56. The summed E-state index contributed by atoms with van der Waals surface area (Å²) in [5.74, 6) is 0.0404. The molecule has 0 aliphatic carbocycles. The van der Waals surface area contributed by atoms with Gasteiger partial charge in [-0.15, -0.1) is 0 Å². The first-order valence-electron chi connectivity index (χ1n) is 11.3. The Morgan fingerprint density at radius 1 is 1.12 bits per heavy atom. The fraction of sp³-hybridized carbons (Fsp3) is 0.360. The summed E-state index contributed by atoms with van der Waals surface area (Å²) in [6, 6.07) is 15.0. The van der Waals surface area contributed by atoms with E-state index in [1.807, 2.05) is 23.1 Å². The lowest BCUT2D eigenvalue weighted by Gasteiger charge is -2.39. The van der Waals surface area contributed by atoms with Crippen molar-refractivity contribution in [3.63, 3.8) is 0 Å². The molecular weight excluding hydrogens is 423 g/mol. The van der Waals surface area contributed by atoms with E-state index >= 15 is 0 Å². The van der Waals surface area contributed by atoms with Crippen molar-refractivity contribution in [2.75, 3.05) is 49.6 Å². The summed E-state index contributed by atoms with van der Waals surface area (Å²) in [5.41, 5.74) is 2.14. The van der Waals surface area contributed by atoms with Crippen molar-refractivity contribution >= 4 is 17.3 Å². The number of ether oxygens (including phenoxy) is 1. The second kappa shape index (κ2) is 9.72. The van der Waals surface area contributed by atoms with Crippen LogP contribution in [-0.4, -0.2) is 55.2 Å². The highest BCUT2D eigenvalue weighted by Gasteiger charge is 2.30. The average molecular weight is 451 g/mol. The van der Waals surface area contributed by atoms with Gasteiger partial charge in [-0.3, -0.25) is 9.69 Å². The Kier molecular flexibility index (Phi) is 6.37. The number of carbonyl (C=O) groups excluding carboxylic acids is 1. The number of nitrogens with one attached hydrogen (secondary N) is 1. The quantitative estimate of drug-likeness (QED) is 0.618. The van der Waals surface area contributed by atoms with E-state index in [-0.39, 0.29) is 23.7 Å². The normalized spacial score (nSPS) is 20.0. The minimum absolute atomic E-state index is 0.0784. The van der Waals surface area contributed by atoms with Gasteiger partial charge in [0, 0.05) is 38.5 Å². The monoisotopic (exact) mass is 450 g/mol. The third-order valence-corrected chi connectivity index (χ3v) is 6.34. The van der Waals surface area contributed by atoms with Crippen LogP contribution in [0, 0.1) is 11.7 Å². The van der Waals surface area contributed by atoms with Crippen LogP contribution < -0.4 is 10.2 Å². The van der Waals surface area contributed by atoms with Crippen LogP contribution in [-0.2, 0) is 9.53 Å². The van der Waals surface area contributed by atoms with Crippen molar-refractivity contribution in [2.24, 2.45) is 5.92 Å². The van der Waals surface area contributed by atoms with Crippen molar-refractivity contribution < 1.29 is 18.3 Å². The highest BCUT2D eigenvalue weighted by molar-refractivity contribution is 5.93. The Bertz CT molecular complexity index is 1060. The molecule has 5 rings (SSSR count). The molecule has 3 heterocycles. The molecule has 172 valence electrons. The first-order valence-corrected chi connectivity index (χ1v) is 11.3. The Morgan fingerprint density at radius 2 is 1.94 bits per heavy atom. The van der Waals surface area contributed by atoms with Crippen LogP contribution in [0.2, 0.25) is 0 Å². The highest BCUT2D eigenvalue weighted by atomic mass is 19.1. The molecule has 1 aromatic heterocycles. The molecule has 1 N–H and O–H groups in total. The van der Waals surface area contributed by atoms with Crippen molar-refractivity contribution in [1.82, 2.24) is 9.88 Å². The van der Waals surface area contributed by atoms with E-state index in [4.69, 9.17) is 9.15 Å². The lowest BCUT2D eigenvalue weighted by atomic mass is 10.0. The molecule has 0 bridgehead atoms. The van der Waals surface area contributed by atoms with Crippen LogP contribution in [0.25, 0.3) is 0 Å². The van der Waals surface area contributed by atoms with Crippen LogP contribution in [0.1, 0.15) is 23.9 Å². The lowest BCUT2D eigenvalue weighted by Crippen LogP contribution is -2.48. The lowest BCUT2D eigenvalue weighted by molar-refractivity contribution is -0.119. The second-order valence-corrected chi connectivity index (χ2v) is 8.42. The number of anilines is 2. The van der Waals surface area contributed by atoms with Gasteiger partial charge in [-0.25, -0.2) is 9.37 Å². The van der Waals surface area contributed by atoms with Crippen molar-refractivity contribution in [3.8, 4) is 0 Å². The van der Waals surface area contributed by atoms with E-state index in [1.54, 1.807) is 24.6 Å². The SMILES string of the molecule is O=C(Nc1ccc(N2CCN(C(c3ccccc3)c3ncco3)CC2)c(F)c1)C1CCOC1. The Hall–Kier alpha value is -3.23. The molecule has 8 heteroatoms. The first-order chi connectivity index (χ1) is 16.2. The van der Waals surface area contributed by atoms with Crippen LogP contribution >= 0.6 is 0 Å². The number of rotatable bonds is 6. The third kappa shape index (κ3) is 4.77. The molecule has 2 unspecified atom stereocenters. The van der Waals surface area contributed by atoms with Crippen LogP contribution in [0.3, 0.4) is 0 Å². The van der Waals surface area contributed by atoms with Crippen LogP contribution in [0.5, 0.6) is 0 Å². The van der Waals surface area contributed by atoms with Gasteiger partial charge in [0.2, 0.25) is 11.8 Å². The third-order valence-electron chi connectivity index (χ3n) is 6.34. The summed E-state index contributed by atoms with van der Waals surface area (Å²) < 4.78 is 25.9. The maximum atomic E-state index is 14.9. The van der Waals surface area contributed by atoms with E-state index < -0.39 is 0 Å². The van der Waals surface area contributed by atoms with Gasteiger partial charge < -0.3 is 19.4 Å². The maximum absolute atomic E-state index is 14.9. The number of hydrogen-bond donors (Lipinski definition) is 1. The van der Waals surface area contributed by atoms with Crippen LogP contribution in [0.15, 0.2) is 65.4 Å². The van der Waals surface area contributed by atoms with E-state index in [2.05, 4.69) is 27.3 Å². The molecule has 33 heavy (non-hydrogen) atoms. The summed E-state index contributed by atoms with van der Waals surface area (Å²) in [5, 5.41) is 2.81. The minimum atomic E-state index is -0.337. The van der Waals surface area contributed by atoms with E-state index in [0.717, 1.165) is 18.7 Å². The molecule has 2 aromatic carbocycles. The Morgan fingerprint density at radius 3 is 2.61 bits per heavy atom. The Labute approximate surface area is 192 Å². The van der Waals surface area contributed by atoms with Gasteiger partial charge in [0.15, 0.2) is 0 Å². The smallest absolute Gasteiger partial charge is 0.229 e. The Balaban J connectivity index is 1.25. The number of nitrogens with zero attached hydrogens (tertiary/aromatic N) is 3. The molecule has 2 fully saturated rings. The standard InChI is InChI=1S/C25H27FN4O3/c26-21-16-20(28-24(31)19-8-14-32-17-19)6-7-22(21)29-10-12-30(13-11-29)23(25-27-9-15-33-25)18-4-2-1-3-5-18/h1-7,9,15-16,19,23H,8,10-14,17H2,(H,28,31). The molecule has 2 aliphatic heterocycles. The minimum Gasteiger partial charge on any atom is -0.447 e. The van der Waals surface area contributed by atoms with Gasteiger partial charge in [0.05, 0.1) is 24.4 Å². The van der Waals surface area contributed by atoms with Gasteiger partial charge in [0.1, 0.15) is 18.1 Å². The molecular formula is C25H27FN4O3. The van der Waals surface area contributed by atoms with Gasteiger partial charge in [-0.05, 0) is 30.2 Å². The van der Waals surface area contributed by atoms with Crippen molar-refractivity contribution in [2.45, 2.75) is 12.5 Å². The number of hydrogen-bond acceptors (Lipinski definition) is 6. The topological polar surface area (TPSA) is 70.8 Å². The predicted octanol–water partition coefficient (Wildman–Crippen LogP) is 3.70. The molecule has 7 nitrogen and oxygen atoms in total. The summed E-state index contributed by atoms with van der Waals surface area (Å²) in [4.78, 5) is 21.0. The largest absolute Gasteiger partial charge is 0.447 e. The van der Waals surface area contributed by atoms with E-state index in [1.165, 1.54) is 6.07 Å². The number of piperazine rings is 1. The van der Waals surface area contributed by atoms with Crippen molar-refractivity contribution in [3.05, 3.63) is 78.3 Å². The first kappa shape index (κ1) is 21.6. The van der Waals surface area contributed by atoms with Gasteiger partial charge in [-0.2, -0.15) is 0 Å². The molecule has 0 saturated carbocycles. The molecule has 1 amide bonds. The highest BCUT2D eigenvalue weighted by Crippen LogP contribution is 2.31. The number of amides is 1. The summed E-state index contributed by atoms with van der Waals surface area (Å²) in [7, 11) is 0. The van der Waals surface area contributed by atoms with Gasteiger partial charge in [-0.1, -0.05) is 30.3 Å². The average Bonchev–Trinajstić information content (AvgIpc) is 3.56. The van der Waals surface area contributed by atoms with Gasteiger partial charge in [0.25, 0.3) is 0 Å². The molecule has 3 aromatic rings. The van der Waals surface area contributed by atoms with Crippen LogP contribution in [0.4, 0.5) is 15.8 Å². The molecule has 0 radical (unpaired) electrons. The molecule has 2 saturated heterocycles. The molecule has 0 spiro atoms. The number of benzene rings is 2. The maximum Gasteiger partial charge on any atom is 0.229 e. The van der Waals surface area contributed by atoms with Crippen molar-refractivity contribution in [1.29, 1.82) is 0 Å². The van der Waals surface area contributed by atoms with E-state index in [9.17, 15) is 9.18 Å². The zero-order valence-electron chi connectivity index (χ0n) is 18.3. The summed E-state index contributed by atoms with van der Waals surface area (Å²) in [6.45, 7) is 3.84. The number of oxazole rings is 1. The zero-order valence-corrected chi connectivity index (χ0v) is 18.3. The van der Waals surface area contributed by atoms with Gasteiger partial charge >= 0.3 is 0 Å². The summed E-state index contributed by atoms with van der Waals surface area (Å²) in [6.07, 6.45) is 3.96. The summed E-state index contributed by atoms with van der Waals surface area (Å²) >= 11 is 0. The molecule has 2 aliphatic rings. The number of halogens is 1. The number of aromatic nitrogens is 1.